The van der Waals surface area contributed by atoms with Gasteiger partial charge < -0.3 is 19.7 Å². The van der Waals surface area contributed by atoms with Gasteiger partial charge in [-0.1, -0.05) is 6.58 Å². The second-order valence-corrected chi connectivity index (χ2v) is 11.1. The SMILES string of the molecule is C=C1CCC(N2Cc3cc(O[C@H]4CCC[C@@H]4N4C[C@@H]5[C@H](C4)[C@H]4CC[C@@H]5O4)ccc3C2=O)C(=O)N1. The Labute approximate surface area is 200 Å². The molecule has 5 fully saturated rings. The number of carbonyl (C=O) groups is 2. The van der Waals surface area contributed by atoms with Gasteiger partial charge in [0.2, 0.25) is 5.91 Å². The number of hydrogen-bond donors (Lipinski definition) is 1. The molecular formula is C27H33N3O4. The van der Waals surface area contributed by atoms with Crippen LogP contribution in [0.4, 0.5) is 0 Å². The van der Waals surface area contributed by atoms with E-state index in [4.69, 9.17) is 9.47 Å². The molecule has 7 atom stereocenters. The highest BCUT2D eigenvalue weighted by Crippen LogP contribution is 2.48. The summed E-state index contributed by atoms with van der Waals surface area (Å²) in [6, 6.07) is 5.88. The number of likely N-dealkylation sites (tertiary alicyclic amines) is 1. The average molecular weight is 464 g/mol. The normalized spacial score (nSPS) is 39.0. The van der Waals surface area contributed by atoms with Crippen molar-refractivity contribution in [2.75, 3.05) is 13.1 Å². The lowest BCUT2D eigenvalue weighted by atomic mass is 9.82. The van der Waals surface area contributed by atoms with Crippen LogP contribution in [-0.2, 0) is 16.1 Å². The molecule has 5 heterocycles. The maximum Gasteiger partial charge on any atom is 0.255 e. The fourth-order valence-electron chi connectivity index (χ4n) is 7.60. The van der Waals surface area contributed by atoms with Crippen LogP contribution in [0.25, 0.3) is 0 Å². The number of nitrogens with zero attached hydrogens (tertiary/aromatic N) is 2. The molecule has 4 saturated heterocycles. The highest BCUT2D eigenvalue weighted by molar-refractivity contribution is 6.01. The van der Waals surface area contributed by atoms with Gasteiger partial charge in [0.25, 0.3) is 5.91 Å². The Morgan fingerprint density at radius 3 is 2.59 bits per heavy atom. The summed E-state index contributed by atoms with van der Waals surface area (Å²) in [6.07, 6.45) is 8.46. The summed E-state index contributed by atoms with van der Waals surface area (Å²) < 4.78 is 12.7. The lowest BCUT2D eigenvalue weighted by Crippen LogP contribution is -2.49. The molecule has 180 valence electrons. The Morgan fingerprint density at radius 1 is 1.03 bits per heavy atom. The van der Waals surface area contributed by atoms with Crippen molar-refractivity contribution in [2.24, 2.45) is 11.8 Å². The number of benzene rings is 1. The van der Waals surface area contributed by atoms with Gasteiger partial charge in [0.1, 0.15) is 17.9 Å². The topological polar surface area (TPSA) is 71.1 Å². The standard InChI is InChI=1S/C27H33N3O4/c1-15-5-8-22(26(31)28-15)30-12-16-11-17(6-7-18(16)27(30)32)33-25-4-2-3-21(25)29-13-19-20(14-29)24-10-9-23(19)34-24/h6-7,11,19-25H,1-5,8-10,12-14H2,(H,28,31)/t19-,20+,21-,22?,23+,24-,25-/m0/s1. The van der Waals surface area contributed by atoms with Crippen LogP contribution in [-0.4, -0.2) is 65.1 Å². The van der Waals surface area contributed by atoms with Crippen LogP contribution in [0.3, 0.4) is 0 Å². The first-order valence-electron chi connectivity index (χ1n) is 13.0. The first-order chi connectivity index (χ1) is 16.5. The number of nitrogens with one attached hydrogen (secondary N) is 1. The van der Waals surface area contributed by atoms with Gasteiger partial charge >= 0.3 is 0 Å². The second kappa shape index (κ2) is 7.82. The van der Waals surface area contributed by atoms with E-state index >= 15 is 0 Å². The number of rotatable bonds is 4. The number of piperidine rings is 1. The third-order valence-electron chi connectivity index (χ3n) is 9.26. The summed E-state index contributed by atoms with van der Waals surface area (Å²) >= 11 is 0. The molecule has 0 radical (unpaired) electrons. The Bertz CT molecular complexity index is 1040. The summed E-state index contributed by atoms with van der Waals surface area (Å²) in [6.45, 7) is 6.61. The number of carbonyl (C=O) groups excluding carboxylic acids is 2. The van der Waals surface area contributed by atoms with Crippen molar-refractivity contribution in [3.8, 4) is 5.75 Å². The zero-order chi connectivity index (χ0) is 23.0. The third kappa shape index (κ3) is 3.23. The molecule has 7 rings (SSSR count). The minimum absolute atomic E-state index is 0.0617. The molecule has 0 aromatic heterocycles. The fraction of sp³-hybridized carbons (Fsp3) is 0.630. The van der Waals surface area contributed by atoms with Crippen molar-refractivity contribution in [3.63, 3.8) is 0 Å². The van der Waals surface area contributed by atoms with E-state index in [0.29, 0.717) is 55.0 Å². The number of ether oxygens (including phenoxy) is 2. The van der Waals surface area contributed by atoms with Gasteiger partial charge in [0.15, 0.2) is 0 Å². The zero-order valence-electron chi connectivity index (χ0n) is 19.6. The van der Waals surface area contributed by atoms with Crippen LogP contribution < -0.4 is 10.1 Å². The molecule has 0 spiro atoms. The summed E-state index contributed by atoms with van der Waals surface area (Å²) in [4.78, 5) is 29.9. The lowest BCUT2D eigenvalue weighted by molar-refractivity contribution is -0.126. The summed E-state index contributed by atoms with van der Waals surface area (Å²) in [7, 11) is 0. The smallest absolute Gasteiger partial charge is 0.255 e. The molecule has 34 heavy (non-hydrogen) atoms. The summed E-state index contributed by atoms with van der Waals surface area (Å²) in [5.41, 5.74) is 2.38. The van der Waals surface area contributed by atoms with Gasteiger partial charge in [-0.25, -0.2) is 0 Å². The van der Waals surface area contributed by atoms with Gasteiger partial charge in [-0.05, 0) is 68.7 Å². The van der Waals surface area contributed by atoms with E-state index < -0.39 is 6.04 Å². The van der Waals surface area contributed by atoms with Crippen LogP contribution in [0, 0.1) is 11.8 Å². The van der Waals surface area contributed by atoms with Crippen molar-refractivity contribution in [1.82, 2.24) is 15.1 Å². The van der Waals surface area contributed by atoms with Crippen molar-refractivity contribution in [1.29, 1.82) is 0 Å². The van der Waals surface area contributed by atoms with E-state index in [2.05, 4.69) is 16.8 Å². The van der Waals surface area contributed by atoms with Crippen molar-refractivity contribution < 1.29 is 19.1 Å². The molecule has 1 aromatic rings. The Hall–Kier alpha value is -2.38. The Kier molecular flexibility index (Phi) is 4.82. The number of allylic oxidation sites excluding steroid dienone is 1. The number of amides is 2. The van der Waals surface area contributed by atoms with E-state index in [-0.39, 0.29) is 17.9 Å². The summed E-state index contributed by atoms with van der Waals surface area (Å²) in [5.74, 6) is 2.08. The second-order valence-electron chi connectivity index (χ2n) is 11.1. The molecule has 1 aromatic carbocycles. The average Bonchev–Trinajstić information content (AvgIpc) is 3.62. The molecule has 2 amide bonds. The largest absolute Gasteiger partial charge is 0.489 e. The third-order valence-corrected chi connectivity index (χ3v) is 9.26. The maximum atomic E-state index is 13.0. The van der Waals surface area contributed by atoms with Crippen LogP contribution in [0.5, 0.6) is 5.75 Å². The molecule has 5 aliphatic heterocycles. The first kappa shape index (κ1) is 20.9. The van der Waals surface area contributed by atoms with Gasteiger partial charge in [-0.3, -0.25) is 14.5 Å². The van der Waals surface area contributed by atoms with Gasteiger partial charge in [0, 0.05) is 48.8 Å². The van der Waals surface area contributed by atoms with Crippen LogP contribution in [0.15, 0.2) is 30.5 Å². The fourth-order valence-corrected chi connectivity index (χ4v) is 7.60. The quantitative estimate of drug-likeness (QED) is 0.744. The monoisotopic (exact) mass is 463 g/mol. The van der Waals surface area contributed by atoms with Crippen LogP contribution >= 0.6 is 0 Å². The molecule has 7 nitrogen and oxygen atoms in total. The molecule has 1 aliphatic carbocycles. The molecule has 6 aliphatic rings. The first-order valence-corrected chi connectivity index (χ1v) is 13.0. The van der Waals surface area contributed by atoms with Gasteiger partial charge in [-0.15, -0.1) is 0 Å². The predicted octanol–water partition coefficient (Wildman–Crippen LogP) is 2.84. The van der Waals surface area contributed by atoms with Gasteiger partial charge in [0.05, 0.1) is 12.2 Å². The van der Waals surface area contributed by atoms with Crippen molar-refractivity contribution in [3.05, 3.63) is 41.6 Å². The molecule has 1 saturated carbocycles. The van der Waals surface area contributed by atoms with E-state index in [0.717, 1.165) is 36.5 Å². The zero-order valence-corrected chi connectivity index (χ0v) is 19.6. The highest BCUT2D eigenvalue weighted by atomic mass is 16.5. The maximum absolute atomic E-state index is 13.0. The van der Waals surface area contributed by atoms with Crippen molar-refractivity contribution in [2.45, 2.75) is 81.9 Å². The minimum Gasteiger partial charge on any atom is -0.489 e. The number of fused-ring (bicyclic) bond motifs is 6. The van der Waals surface area contributed by atoms with E-state index in [1.807, 2.05) is 18.2 Å². The molecular weight excluding hydrogens is 430 g/mol. The van der Waals surface area contributed by atoms with Crippen LogP contribution in [0.1, 0.15) is 60.9 Å². The predicted molar refractivity (Wildman–Crippen MR) is 125 cm³/mol. The van der Waals surface area contributed by atoms with E-state index in [9.17, 15) is 9.59 Å². The molecule has 2 bridgehead atoms. The Morgan fingerprint density at radius 2 is 1.82 bits per heavy atom. The molecule has 1 unspecified atom stereocenters. The summed E-state index contributed by atoms with van der Waals surface area (Å²) in [5, 5.41) is 2.80. The Balaban J connectivity index is 1.04. The number of hydrogen-bond acceptors (Lipinski definition) is 5. The van der Waals surface area contributed by atoms with E-state index in [1.165, 1.54) is 25.7 Å². The van der Waals surface area contributed by atoms with Gasteiger partial charge in [-0.2, -0.15) is 0 Å². The van der Waals surface area contributed by atoms with Crippen LogP contribution in [0.2, 0.25) is 0 Å². The van der Waals surface area contributed by atoms with E-state index in [1.54, 1.807) is 4.90 Å². The lowest BCUT2D eigenvalue weighted by Gasteiger charge is -2.31. The minimum atomic E-state index is -0.428. The molecule has 7 heteroatoms. The highest BCUT2D eigenvalue weighted by Gasteiger charge is 2.54. The molecule has 1 N–H and O–H groups in total. The van der Waals surface area contributed by atoms with Crippen molar-refractivity contribution >= 4 is 11.8 Å².